The Labute approximate surface area is 102 Å². The number of hydrogen-bond acceptors (Lipinski definition) is 2. The van der Waals surface area contributed by atoms with Crippen LogP contribution in [0.4, 0.5) is 4.39 Å². The Morgan fingerprint density at radius 1 is 1.56 bits per heavy atom. The van der Waals surface area contributed by atoms with E-state index in [9.17, 15) is 14.3 Å². The maximum Gasteiger partial charge on any atom is 0.254 e. The third kappa shape index (κ3) is 3.57. The summed E-state index contributed by atoms with van der Waals surface area (Å²) in [6, 6.07) is 4.48. The summed E-state index contributed by atoms with van der Waals surface area (Å²) >= 11 is 3.00. The molecule has 0 unspecified atom stereocenters. The summed E-state index contributed by atoms with van der Waals surface area (Å²) in [6.45, 7) is 3.19. The van der Waals surface area contributed by atoms with Crippen LogP contribution in [0.25, 0.3) is 0 Å². The second-order valence-corrected chi connectivity index (χ2v) is 4.95. The normalized spacial score (nSPS) is 11.3. The van der Waals surface area contributed by atoms with Gasteiger partial charge in [-0.2, -0.15) is 0 Å². The Balaban J connectivity index is 2.78. The highest BCUT2D eigenvalue weighted by atomic mass is 79.9. The molecule has 0 fully saturated rings. The van der Waals surface area contributed by atoms with Gasteiger partial charge in [-0.15, -0.1) is 0 Å². The van der Waals surface area contributed by atoms with Crippen LogP contribution in [0, 0.1) is 5.82 Å². The Morgan fingerprint density at radius 3 is 2.75 bits per heavy atom. The van der Waals surface area contributed by atoms with Gasteiger partial charge in [0.2, 0.25) is 0 Å². The summed E-state index contributed by atoms with van der Waals surface area (Å²) in [7, 11) is 0. The monoisotopic (exact) mass is 289 g/mol. The molecule has 16 heavy (non-hydrogen) atoms. The topological polar surface area (TPSA) is 49.3 Å². The molecule has 0 bridgehead atoms. The van der Waals surface area contributed by atoms with E-state index in [-0.39, 0.29) is 16.6 Å². The number of hydrogen-bond donors (Lipinski definition) is 2. The van der Waals surface area contributed by atoms with Crippen LogP contribution in [-0.2, 0) is 0 Å². The molecular formula is C11H13BrFNO2. The Kier molecular flexibility index (Phi) is 4.04. The molecular weight excluding hydrogens is 277 g/mol. The summed E-state index contributed by atoms with van der Waals surface area (Å²) in [5, 5.41) is 11.9. The minimum Gasteiger partial charge on any atom is -0.389 e. The molecule has 0 saturated carbocycles. The average Bonchev–Trinajstić information content (AvgIpc) is 2.17. The van der Waals surface area contributed by atoms with Gasteiger partial charge >= 0.3 is 0 Å². The fourth-order valence-corrected chi connectivity index (χ4v) is 1.44. The summed E-state index contributed by atoms with van der Waals surface area (Å²) in [6.07, 6.45) is 0. The molecule has 0 atom stereocenters. The van der Waals surface area contributed by atoms with Crippen LogP contribution >= 0.6 is 15.9 Å². The molecule has 1 aromatic rings. The minimum absolute atomic E-state index is 0.0429. The molecule has 88 valence electrons. The first-order valence-corrected chi connectivity index (χ1v) is 5.55. The van der Waals surface area contributed by atoms with Gasteiger partial charge < -0.3 is 10.4 Å². The number of carbonyl (C=O) groups excluding carboxylic acids is 1. The van der Waals surface area contributed by atoms with Gasteiger partial charge in [-0.1, -0.05) is 6.07 Å². The molecule has 1 rings (SSSR count). The SMILES string of the molecule is CC(C)(O)CNC(=O)c1cccc(Br)c1F. The molecule has 0 heterocycles. The van der Waals surface area contributed by atoms with E-state index in [2.05, 4.69) is 21.2 Å². The molecule has 1 aromatic carbocycles. The van der Waals surface area contributed by atoms with Crippen molar-refractivity contribution in [3.05, 3.63) is 34.1 Å². The molecule has 0 aromatic heterocycles. The second kappa shape index (κ2) is 4.93. The number of benzene rings is 1. The number of amides is 1. The lowest BCUT2D eigenvalue weighted by Gasteiger charge is -2.17. The fraction of sp³-hybridized carbons (Fsp3) is 0.364. The van der Waals surface area contributed by atoms with Crippen LogP contribution in [0.1, 0.15) is 24.2 Å². The minimum atomic E-state index is -1.02. The van der Waals surface area contributed by atoms with Crippen LogP contribution in [0.3, 0.4) is 0 Å². The molecule has 3 nitrogen and oxygen atoms in total. The van der Waals surface area contributed by atoms with Crippen LogP contribution in [-0.4, -0.2) is 23.2 Å². The van der Waals surface area contributed by atoms with Crippen molar-refractivity contribution in [1.82, 2.24) is 5.32 Å². The van der Waals surface area contributed by atoms with Crippen LogP contribution in [0.5, 0.6) is 0 Å². The van der Waals surface area contributed by atoms with E-state index in [4.69, 9.17) is 0 Å². The van der Waals surface area contributed by atoms with Crippen molar-refractivity contribution in [2.75, 3.05) is 6.54 Å². The third-order valence-corrected chi connectivity index (χ3v) is 2.49. The van der Waals surface area contributed by atoms with E-state index in [1.165, 1.54) is 12.1 Å². The van der Waals surface area contributed by atoms with Crippen molar-refractivity contribution in [2.24, 2.45) is 0 Å². The quantitative estimate of drug-likeness (QED) is 0.895. The van der Waals surface area contributed by atoms with Crippen molar-refractivity contribution in [1.29, 1.82) is 0 Å². The fourth-order valence-electron chi connectivity index (χ4n) is 1.07. The first-order chi connectivity index (χ1) is 7.31. The Morgan fingerprint density at radius 2 is 2.19 bits per heavy atom. The van der Waals surface area contributed by atoms with Crippen molar-refractivity contribution >= 4 is 21.8 Å². The van der Waals surface area contributed by atoms with E-state index in [0.29, 0.717) is 0 Å². The predicted octanol–water partition coefficient (Wildman–Crippen LogP) is 2.09. The maximum atomic E-state index is 13.5. The van der Waals surface area contributed by atoms with Gasteiger partial charge in [0, 0.05) is 6.54 Å². The summed E-state index contributed by atoms with van der Waals surface area (Å²) in [4.78, 5) is 11.6. The zero-order valence-electron chi connectivity index (χ0n) is 9.05. The number of nitrogens with one attached hydrogen (secondary N) is 1. The molecule has 2 N–H and O–H groups in total. The molecule has 0 aliphatic carbocycles. The third-order valence-electron chi connectivity index (χ3n) is 1.88. The molecule has 1 amide bonds. The lowest BCUT2D eigenvalue weighted by molar-refractivity contribution is 0.0692. The number of carbonyl (C=O) groups is 1. The van der Waals surface area contributed by atoms with E-state index >= 15 is 0 Å². The Hall–Kier alpha value is -0.940. The van der Waals surface area contributed by atoms with E-state index in [0.717, 1.165) is 0 Å². The summed E-state index contributed by atoms with van der Waals surface area (Å²) in [5.41, 5.74) is -1.06. The van der Waals surface area contributed by atoms with Gasteiger partial charge in [-0.25, -0.2) is 4.39 Å². The molecule has 0 aliphatic rings. The first-order valence-electron chi connectivity index (χ1n) is 4.76. The van der Waals surface area contributed by atoms with Gasteiger partial charge in [-0.05, 0) is 41.9 Å². The zero-order chi connectivity index (χ0) is 12.3. The van der Waals surface area contributed by atoms with Gasteiger partial charge in [-0.3, -0.25) is 4.79 Å². The molecule has 0 saturated heterocycles. The smallest absolute Gasteiger partial charge is 0.254 e. The van der Waals surface area contributed by atoms with Gasteiger partial charge in [0.25, 0.3) is 5.91 Å². The highest BCUT2D eigenvalue weighted by Gasteiger charge is 2.17. The number of halogens is 2. The van der Waals surface area contributed by atoms with Gasteiger partial charge in [0.1, 0.15) is 5.82 Å². The molecule has 0 spiro atoms. The lowest BCUT2D eigenvalue weighted by atomic mass is 10.1. The highest BCUT2D eigenvalue weighted by molar-refractivity contribution is 9.10. The van der Waals surface area contributed by atoms with Crippen LogP contribution in [0.15, 0.2) is 22.7 Å². The highest BCUT2D eigenvalue weighted by Crippen LogP contribution is 2.18. The van der Waals surface area contributed by atoms with Gasteiger partial charge in [0.05, 0.1) is 15.6 Å². The van der Waals surface area contributed by atoms with Crippen molar-refractivity contribution in [2.45, 2.75) is 19.4 Å². The number of aliphatic hydroxyl groups is 1. The molecule has 0 aliphatic heterocycles. The summed E-state index contributed by atoms with van der Waals surface area (Å²) in [5.74, 6) is -1.14. The second-order valence-electron chi connectivity index (χ2n) is 4.10. The van der Waals surface area contributed by atoms with E-state index in [1.807, 2.05) is 0 Å². The number of rotatable bonds is 3. The standard InChI is InChI=1S/C11H13BrFNO2/c1-11(2,16)6-14-10(15)7-4-3-5-8(12)9(7)13/h3-5,16H,6H2,1-2H3,(H,14,15). The zero-order valence-corrected chi connectivity index (χ0v) is 10.6. The average molecular weight is 290 g/mol. The molecule has 0 radical (unpaired) electrons. The Bertz CT molecular complexity index is 401. The predicted molar refractivity (Wildman–Crippen MR) is 62.7 cm³/mol. The van der Waals surface area contributed by atoms with Crippen molar-refractivity contribution in [3.63, 3.8) is 0 Å². The van der Waals surface area contributed by atoms with Crippen LogP contribution in [0.2, 0.25) is 0 Å². The van der Waals surface area contributed by atoms with Crippen LogP contribution < -0.4 is 5.32 Å². The molecule has 5 heteroatoms. The van der Waals surface area contributed by atoms with E-state index in [1.54, 1.807) is 19.9 Å². The van der Waals surface area contributed by atoms with E-state index < -0.39 is 17.3 Å². The first kappa shape index (κ1) is 13.1. The lowest BCUT2D eigenvalue weighted by Crippen LogP contribution is -2.38. The largest absolute Gasteiger partial charge is 0.389 e. The van der Waals surface area contributed by atoms with Crippen molar-refractivity contribution < 1.29 is 14.3 Å². The summed E-state index contributed by atoms with van der Waals surface area (Å²) < 4.78 is 13.7. The van der Waals surface area contributed by atoms with Gasteiger partial charge in [0.15, 0.2) is 0 Å². The maximum absolute atomic E-state index is 13.5. The van der Waals surface area contributed by atoms with Crippen molar-refractivity contribution in [3.8, 4) is 0 Å².